The fourth-order valence-electron chi connectivity index (χ4n) is 2.93. The van der Waals surface area contributed by atoms with Crippen molar-refractivity contribution in [2.75, 3.05) is 0 Å². The highest BCUT2D eigenvalue weighted by Gasteiger charge is 2.35. The van der Waals surface area contributed by atoms with Gasteiger partial charge >= 0.3 is 5.97 Å². The summed E-state index contributed by atoms with van der Waals surface area (Å²) in [5.74, 6) is -1.20. The molecule has 1 atom stereocenters. The second-order valence-corrected chi connectivity index (χ2v) is 5.68. The van der Waals surface area contributed by atoms with Crippen molar-refractivity contribution in [2.45, 2.75) is 25.9 Å². The molecule has 2 aromatic rings. The third kappa shape index (κ3) is 2.28. The average molecular weight is 298 g/mol. The Morgan fingerprint density at radius 2 is 1.82 bits per heavy atom. The topological polar surface area (TPSA) is 62.5 Å². The van der Waals surface area contributed by atoms with Crippen molar-refractivity contribution < 1.29 is 14.7 Å². The second-order valence-electron chi connectivity index (χ2n) is 5.68. The number of fused-ring (bicyclic) bond motifs is 1. The molecule has 3 rings (SSSR count). The molecule has 0 fully saturated rings. The highest BCUT2D eigenvalue weighted by atomic mass is 16.4. The predicted octanol–water partition coefficient (Wildman–Crippen LogP) is 1.99. The lowest BCUT2D eigenvalue weighted by molar-refractivity contribution is -0.142. The Morgan fingerprint density at radius 1 is 1.14 bits per heavy atom. The second kappa shape index (κ2) is 5.33. The lowest BCUT2D eigenvalue weighted by atomic mass is 9.93. The van der Waals surface area contributed by atoms with Crippen LogP contribution in [0.4, 0.5) is 0 Å². The van der Waals surface area contributed by atoms with E-state index in [1.165, 1.54) is 4.90 Å². The number of carbonyl (C=O) groups excluding carboxylic acids is 1. The number of carboxylic acids is 1. The molecule has 1 aliphatic rings. The van der Waals surface area contributed by atoms with Crippen LogP contribution >= 0.6 is 0 Å². The van der Waals surface area contributed by atoms with E-state index in [0.717, 1.165) is 16.8 Å². The monoisotopic (exact) mass is 298 g/mol. The van der Waals surface area contributed by atoms with Crippen molar-refractivity contribution in [3.05, 3.63) is 58.9 Å². The van der Waals surface area contributed by atoms with Crippen LogP contribution in [0, 0.1) is 6.92 Å². The van der Waals surface area contributed by atoms with Gasteiger partial charge in [0.05, 0.1) is 0 Å². The molecule has 1 N–H and O–H groups in total. The number of benzene rings is 1. The Kier molecular flexibility index (Phi) is 3.48. The minimum Gasteiger partial charge on any atom is -0.480 e. The standard InChI is InChI=1S/C17H18N2O3/c1-11-7-8-14(18(11)2)16(20)19-10-13-6-4-3-5-12(13)9-15(19)17(21)22/h3-8,15H,9-10H2,1-2H3,(H,21,22). The van der Waals surface area contributed by atoms with E-state index in [4.69, 9.17) is 0 Å². The lowest BCUT2D eigenvalue weighted by Crippen LogP contribution is -2.49. The fourth-order valence-corrected chi connectivity index (χ4v) is 2.93. The molecule has 5 heteroatoms. The molecule has 114 valence electrons. The molecule has 1 aromatic heterocycles. The Hall–Kier alpha value is -2.56. The molecular weight excluding hydrogens is 280 g/mol. The van der Waals surface area contributed by atoms with Gasteiger partial charge in [0.15, 0.2) is 0 Å². The van der Waals surface area contributed by atoms with Gasteiger partial charge in [0, 0.05) is 25.7 Å². The first-order valence-electron chi connectivity index (χ1n) is 7.22. The highest BCUT2D eigenvalue weighted by molar-refractivity contribution is 5.96. The molecule has 1 amide bonds. The molecule has 1 aliphatic heterocycles. The van der Waals surface area contributed by atoms with Crippen molar-refractivity contribution >= 4 is 11.9 Å². The molecule has 0 aliphatic carbocycles. The molecule has 22 heavy (non-hydrogen) atoms. The first kappa shape index (κ1) is 14.4. The Labute approximate surface area is 128 Å². The van der Waals surface area contributed by atoms with Crippen molar-refractivity contribution in [2.24, 2.45) is 7.05 Å². The quantitative estimate of drug-likeness (QED) is 0.922. The van der Waals surface area contributed by atoms with E-state index in [1.807, 2.05) is 44.3 Å². The van der Waals surface area contributed by atoms with Crippen LogP contribution in [0.3, 0.4) is 0 Å². The SMILES string of the molecule is Cc1ccc(C(=O)N2Cc3ccccc3CC2C(=O)O)n1C. The van der Waals surface area contributed by atoms with Gasteiger partial charge < -0.3 is 14.6 Å². The molecule has 1 unspecified atom stereocenters. The van der Waals surface area contributed by atoms with Gasteiger partial charge in [0.2, 0.25) is 0 Å². The van der Waals surface area contributed by atoms with Crippen LogP contribution in [-0.2, 0) is 24.8 Å². The van der Waals surface area contributed by atoms with Crippen LogP contribution in [0.15, 0.2) is 36.4 Å². The van der Waals surface area contributed by atoms with Gasteiger partial charge in [-0.25, -0.2) is 4.79 Å². The molecule has 0 spiro atoms. The van der Waals surface area contributed by atoms with Gasteiger partial charge in [0.1, 0.15) is 11.7 Å². The maximum absolute atomic E-state index is 12.8. The van der Waals surface area contributed by atoms with Gasteiger partial charge in [0.25, 0.3) is 5.91 Å². The minimum absolute atomic E-state index is 0.238. The van der Waals surface area contributed by atoms with Crippen molar-refractivity contribution in [3.63, 3.8) is 0 Å². The van der Waals surface area contributed by atoms with Crippen molar-refractivity contribution in [1.82, 2.24) is 9.47 Å². The summed E-state index contributed by atoms with van der Waals surface area (Å²) in [6.45, 7) is 2.24. The molecule has 0 saturated heterocycles. The third-order valence-corrected chi connectivity index (χ3v) is 4.39. The van der Waals surface area contributed by atoms with Crippen molar-refractivity contribution in [3.8, 4) is 0 Å². The number of hydrogen-bond donors (Lipinski definition) is 1. The number of aromatic nitrogens is 1. The fraction of sp³-hybridized carbons (Fsp3) is 0.294. The lowest BCUT2D eigenvalue weighted by Gasteiger charge is -2.34. The van der Waals surface area contributed by atoms with Gasteiger partial charge in [-0.15, -0.1) is 0 Å². The van der Waals surface area contributed by atoms with Crippen LogP contribution < -0.4 is 0 Å². The van der Waals surface area contributed by atoms with E-state index in [-0.39, 0.29) is 5.91 Å². The summed E-state index contributed by atoms with van der Waals surface area (Å²) >= 11 is 0. The zero-order chi connectivity index (χ0) is 15.9. The highest BCUT2D eigenvalue weighted by Crippen LogP contribution is 2.25. The summed E-state index contributed by atoms with van der Waals surface area (Å²) in [5.41, 5.74) is 3.50. The normalized spacial score (nSPS) is 17.2. The van der Waals surface area contributed by atoms with E-state index in [9.17, 15) is 14.7 Å². The molecule has 5 nitrogen and oxygen atoms in total. The van der Waals surface area contributed by atoms with Crippen LogP contribution in [0.1, 0.15) is 27.3 Å². The van der Waals surface area contributed by atoms with Crippen LogP contribution in [0.25, 0.3) is 0 Å². The predicted molar refractivity (Wildman–Crippen MR) is 81.6 cm³/mol. The number of carbonyl (C=O) groups is 2. The molecular formula is C17H18N2O3. The third-order valence-electron chi connectivity index (χ3n) is 4.39. The largest absolute Gasteiger partial charge is 0.480 e. The number of carboxylic acid groups (broad SMARTS) is 1. The molecule has 0 saturated carbocycles. The zero-order valence-electron chi connectivity index (χ0n) is 12.6. The Morgan fingerprint density at radius 3 is 2.41 bits per heavy atom. The summed E-state index contributed by atoms with van der Waals surface area (Å²) in [6, 6.07) is 10.5. The maximum Gasteiger partial charge on any atom is 0.326 e. The van der Waals surface area contributed by atoms with Crippen molar-refractivity contribution in [1.29, 1.82) is 0 Å². The van der Waals surface area contributed by atoms with Gasteiger partial charge in [-0.3, -0.25) is 4.79 Å². The zero-order valence-corrected chi connectivity index (χ0v) is 12.6. The van der Waals surface area contributed by atoms with Gasteiger partial charge in [-0.2, -0.15) is 0 Å². The van der Waals surface area contributed by atoms with E-state index in [1.54, 1.807) is 10.6 Å². The van der Waals surface area contributed by atoms with E-state index in [2.05, 4.69) is 0 Å². The first-order chi connectivity index (χ1) is 10.5. The van der Waals surface area contributed by atoms with Gasteiger partial charge in [-0.1, -0.05) is 24.3 Å². The van der Waals surface area contributed by atoms with Crippen LogP contribution in [0.5, 0.6) is 0 Å². The Bertz CT molecular complexity index is 748. The van der Waals surface area contributed by atoms with E-state index < -0.39 is 12.0 Å². The maximum atomic E-state index is 12.8. The van der Waals surface area contributed by atoms with E-state index in [0.29, 0.717) is 18.7 Å². The number of nitrogens with zero attached hydrogens (tertiary/aromatic N) is 2. The number of hydrogen-bond acceptors (Lipinski definition) is 2. The molecule has 1 aromatic carbocycles. The smallest absolute Gasteiger partial charge is 0.326 e. The summed E-state index contributed by atoms with van der Waals surface area (Å²) in [6.07, 6.45) is 0.348. The first-order valence-corrected chi connectivity index (χ1v) is 7.22. The summed E-state index contributed by atoms with van der Waals surface area (Å²) in [4.78, 5) is 25.9. The number of aliphatic carboxylic acids is 1. The average Bonchev–Trinajstić information content (AvgIpc) is 2.85. The molecule has 0 bridgehead atoms. The van der Waals surface area contributed by atoms with Gasteiger partial charge in [-0.05, 0) is 30.2 Å². The molecule has 0 radical (unpaired) electrons. The summed E-state index contributed by atoms with van der Waals surface area (Å²) in [7, 11) is 1.82. The van der Waals surface area contributed by atoms with Crippen LogP contribution in [0.2, 0.25) is 0 Å². The minimum atomic E-state index is -0.964. The van der Waals surface area contributed by atoms with E-state index >= 15 is 0 Å². The Balaban J connectivity index is 1.99. The summed E-state index contributed by atoms with van der Waals surface area (Å²) in [5, 5.41) is 9.50. The number of aryl methyl sites for hydroxylation is 1. The summed E-state index contributed by atoms with van der Waals surface area (Å²) < 4.78 is 1.79. The number of rotatable bonds is 2. The molecule has 2 heterocycles. The van der Waals surface area contributed by atoms with Crippen LogP contribution in [-0.4, -0.2) is 32.5 Å². The number of amides is 1.